The van der Waals surface area contributed by atoms with Gasteiger partial charge in [0, 0.05) is 30.2 Å². The Hall–Kier alpha value is -1.81. The number of ether oxygens (including phenoxy) is 1. The van der Waals surface area contributed by atoms with Crippen LogP contribution in [0.3, 0.4) is 0 Å². The Morgan fingerprint density at radius 3 is 2.89 bits per heavy atom. The molecule has 0 amide bonds. The van der Waals surface area contributed by atoms with Crippen molar-refractivity contribution >= 4 is 16.9 Å². The molecule has 0 radical (unpaired) electrons. The topological polar surface area (TPSA) is 57.2 Å². The average Bonchev–Trinajstić information content (AvgIpc) is 2.68. The molecule has 4 heteroatoms. The third kappa shape index (κ3) is 2.38. The fourth-order valence-corrected chi connectivity index (χ4v) is 2.18. The van der Waals surface area contributed by atoms with Gasteiger partial charge in [-0.1, -0.05) is 18.2 Å². The molecule has 1 atom stereocenters. The quantitative estimate of drug-likeness (QED) is 0.841. The van der Waals surface area contributed by atoms with E-state index in [9.17, 15) is 4.79 Å². The number of fused-ring (bicyclic) bond motifs is 1. The van der Waals surface area contributed by atoms with Gasteiger partial charge in [-0.2, -0.15) is 0 Å². The molecule has 2 aromatic rings. The second kappa shape index (κ2) is 5.23. The van der Waals surface area contributed by atoms with E-state index in [2.05, 4.69) is 0 Å². The van der Waals surface area contributed by atoms with Crippen molar-refractivity contribution in [1.82, 2.24) is 4.57 Å². The van der Waals surface area contributed by atoms with Crippen LogP contribution in [-0.4, -0.2) is 17.1 Å². The zero-order valence-corrected chi connectivity index (χ0v) is 10.7. The van der Waals surface area contributed by atoms with Crippen molar-refractivity contribution < 1.29 is 9.53 Å². The summed E-state index contributed by atoms with van der Waals surface area (Å²) < 4.78 is 6.95. The number of aryl methyl sites for hydroxylation is 1. The highest BCUT2D eigenvalue weighted by Gasteiger charge is 2.16. The van der Waals surface area contributed by atoms with Crippen molar-refractivity contribution in [2.75, 3.05) is 6.61 Å². The number of carbonyl (C=O) groups excluding carboxylic acids is 1. The van der Waals surface area contributed by atoms with E-state index in [-0.39, 0.29) is 18.4 Å². The van der Waals surface area contributed by atoms with E-state index in [0.29, 0.717) is 6.61 Å². The highest BCUT2D eigenvalue weighted by atomic mass is 16.5. The fraction of sp³-hybridized carbons (Fsp3) is 0.357. The first-order valence-corrected chi connectivity index (χ1v) is 6.08. The van der Waals surface area contributed by atoms with Crippen LogP contribution >= 0.6 is 0 Å². The van der Waals surface area contributed by atoms with Crippen LogP contribution in [0.1, 0.15) is 24.9 Å². The molecule has 0 saturated heterocycles. The molecule has 1 aromatic carbocycles. The summed E-state index contributed by atoms with van der Waals surface area (Å²) >= 11 is 0. The third-order valence-corrected chi connectivity index (χ3v) is 3.02. The van der Waals surface area contributed by atoms with Crippen molar-refractivity contribution in [1.29, 1.82) is 0 Å². The summed E-state index contributed by atoms with van der Waals surface area (Å²) in [6, 6.07) is 7.70. The molecular formula is C14H18N2O2. The Bertz CT molecular complexity index is 560. The fourth-order valence-electron chi connectivity index (χ4n) is 2.18. The molecule has 2 N–H and O–H groups in total. The Morgan fingerprint density at radius 1 is 1.44 bits per heavy atom. The minimum atomic E-state index is -0.324. The van der Waals surface area contributed by atoms with E-state index in [0.717, 1.165) is 16.5 Å². The van der Waals surface area contributed by atoms with E-state index in [1.165, 1.54) is 0 Å². The van der Waals surface area contributed by atoms with Crippen molar-refractivity contribution in [3.05, 3.63) is 36.0 Å². The molecule has 1 heterocycles. The van der Waals surface area contributed by atoms with E-state index in [1.807, 2.05) is 42.1 Å². The molecule has 0 spiro atoms. The van der Waals surface area contributed by atoms with Crippen LogP contribution in [0.25, 0.3) is 10.9 Å². The van der Waals surface area contributed by atoms with Crippen LogP contribution in [0.15, 0.2) is 30.5 Å². The third-order valence-electron chi connectivity index (χ3n) is 3.02. The summed E-state index contributed by atoms with van der Waals surface area (Å²) in [7, 11) is 1.98. The van der Waals surface area contributed by atoms with Gasteiger partial charge in [0.25, 0.3) is 0 Å². The molecule has 0 saturated carbocycles. The maximum atomic E-state index is 11.5. The summed E-state index contributed by atoms with van der Waals surface area (Å²) in [6.45, 7) is 2.18. The molecule has 0 aliphatic rings. The maximum Gasteiger partial charge on any atom is 0.307 e. The van der Waals surface area contributed by atoms with Crippen LogP contribution in [0.4, 0.5) is 0 Å². The number of nitrogens with two attached hydrogens (primary N) is 1. The van der Waals surface area contributed by atoms with Crippen molar-refractivity contribution in [2.45, 2.75) is 19.4 Å². The van der Waals surface area contributed by atoms with Crippen LogP contribution in [0.5, 0.6) is 0 Å². The first-order chi connectivity index (χ1) is 8.63. The lowest BCUT2D eigenvalue weighted by atomic mass is 10.0. The smallest absolute Gasteiger partial charge is 0.307 e. The summed E-state index contributed by atoms with van der Waals surface area (Å²) in [4.78, 5) is 11.5. The molecule has 0 aliphatic heterocycles. The predicted molar refractivity (Wildman–Crippen MR) is 71.1 cm³/mol. The van der Waals surface area contributed by atoms with Crippen LogP contribution in [0, 0.1) is 0 Å². The minimum absolute atomic E-state index is 0.210. The number of hydrogen-bond acceptors (Lipinski definition) is 3. The zero-order valence-electron chi connectivity index (χ0n) is 10.7. The van der Waals surface area contributed by atoms with E-state index < -0.39 is 0 Å². The van der Waals surface area contributed by atoms with Gasteiger partial charge in [-0.25, -0.2) is 0 Å². The van der Waals surface area contributed by atoms with Gasteiger partial charge in [-0.15, -0.1) is 0 Å². The molecule has 1 aromatic heterocycles. The van der Waals surface area contributed by atoms with Crippen LogP contribution < -0.4 is 5.73 Å². The number of para-hydroxylation sites is 1. The minimum Gasteiger partial charge on any atom is -0.466 e. The molecule has 4 nitrogen and oxygen atoms in total. The van der Waals surface area contributed by atoms with Gasteiger partial charge >= 0.3 is 5.97 Å². The summed E-state index contributed by atoms with van der Waals surface area (Å²) in [6.07, 6.45) is 2.19. The van der Waals surface area contributed by atoms with Crippen LogP contribution in [-0.2, 0) is 16.6 Å². The van der Waals surface area contributed by atoms with Gasteiger partial charge in [0.05, 0.1) is 13.0 Å². The van der Waals surface area contributed by atoms with Gasteiger partial charge in [0.1, 0.15) is 0 Å². The second-order valence-corrected chi connectivity index (χ2v) is 4.33. The highest BCUT2D eigenvalue weighted by molar-refractivity contribution is 5.85. The lowest BCUT2D eigenvalue weighted by molar-refractivity contribution is -0.143. The Kier molecular flexibility index (Phi) is 3.67. The zero-order chi connectivity index (χ0) is 13.1. The van der Waals surface area contributed by atoms with Crippen molar-refractivity contribution in [3.63, 3.8) is 0 Å². The highest BCUT2D eigenvalue weighted by Crippen LogP contribution is 2.26. The van der Waals surface area contributed by atoms with E-state index >= 15 is 0 Å². The number of rotatable bonds is 4. The SMILES string of the molecule is CCOC(=O)C[C@H](N)c1cn(C)c2ccccc12. The largest absolute Gasteiger partial charge is 0.466 e. The molecular weight excluding hydrogens is 228 g/mol. The number of benzene rings is 1. The monoisotopic (exact) mass is 246 g/mol. The average molecular weight is 246 g/mol. The molecule has 2 rings (SSSR count). The van der Waals surface area contributed by atoms with Crippen molar-refractivity contribution in [3.8, 4) is 0 Å². The number of hydrogen-bond donors (Lipinski definition) is 1. The second-order valence-electron chi connectivity index (χ2n) is 4.33. The molecule has 0 fully saturated rings. The number of esters is 1. The predicted octanol–water partition coefficient (Wildman–Crippen LogP) is 2.13. The Labute approximate surface area is 106 Å². The number of carbonyl (C=O) groups is 1. The first kappa shape index (κ1) is 12.6. The van der Waals surface area contributed by atoms with E-state index in [1.54, 1.807) is 6.92 Å². The first-order valence-electron chi connectivity index (χ1n) is 6.08. The molecule has 0 aliphatic carbocycles. The van der Waals surface area contributed by atoms with E-state index in [4.69, 9.17) is 10.5 Å². The molecule has 0 unspecified atom stereocenters. The Morgan fingerprint density at radius 2 is 2.17 bits per heavy atom. The molecule has 96 valence electrons. The molecule has 18 heavy (non-hydrogen) atoms. The Balaban J connectivity index is 2.28. The normalized spacial score (nSPS) is 12.6. The summed E-state index contributed by atoms with van der Waals surface area (Å²) in [5, 5.41) is 1.09. The summed E-state index contributed by atoms with van der Waals surface area (Å²) in [5.41, 5.74) is 8.20. The van der Waals surface area contributed by atoms with Crippen molar-refractivity contribution in [2.24, 2.45) is 12.8 Å². The maximum absolute atomic E-state index is 11.5. The molecule has 0 bridgehead atoms. The standard InChI is InChI=1S/C14H18N2O2/c1-3-18-14(17)8-12(15)11-9-16(2)13-7-5-4-6-10(11)13/h4-7,9,12H,3,8,15H2,1-2H3/t12-/m0/s1. The van der Waals surface area contributed by atoms with Gasteiger partial charge in [0.2, 0.25) is 0 Å². The lowest BCUT2D eigenvalue weighted by Crippen LogP contribution is -2.17. The van der Waals surface area contributed by atoms with Crippen LogP contribution in [0.2, 0.25) is 0 Å². The number of aromatic nitrogens is 1. The number of nitrogens with zero attached hydrogens (tertiary/aromatic N) is 1. The van der Waals surface area contributed by atoms with Gasteiger partial charge in [-0.05, 0) is 18.6 Å². The van der Waals surface area contributed by atoms with Gasteiger partial charge in [-0.3, -0.25) is 4.79 Å². The lowest BCUT2D eigenvalue weighted by Gasteiger charge is -2.09. The van der Waals surface area contributed by atoms with Gasteiger partial charge in [0.15, 0.2) is 0 Å². The van der Waals surface area contributed by atoms with Gasteiger partial charge < -0.3 is 15.0 Å². The summed E-state index contributed by atoms with van der Waals surface area (Å²) in [5.74, 6) is -0.252.